The van der Waals surface area contributed by atoms with Gasteiger partial charge in [0.2, 0.25) is 0 Å². The van der Waals surface area contributed by atoms with Crippen LogP contribution >= 0.6 is 0 Å². The van der Waals surface area contributed by atoms with Crippen molar-refractivity contribution in [1.82, 2.24) is 0 Å². The van der Waals surface area contributed by atoms with Gasteiger partial charge >= 0.3 is 6.61 Å². The van der Waals surface area contributed by atoms with Crippen LogP contribution in [0.1, 0.15) is 12.0 Å². The summed E-state index contributed by atoms with van der Waals surface area (Å²) in [7, 11) is 0. The van der Waals surface area contributed by atoms with E-state index in [1.807, 2.05) is 0 Å². The van der Waals surface area contributed by atoms with Gasteiger partial charge in [-0.25, -0.2) is 0 Å². The fourth-order valence-electron chi connectivity index (χ4n) is 1.23. The highest BCUT2D eigenvalue weighted by Gasteiger charge is 2.05. The number of ketones is 1. The maximum Gasteiger partial charge on any atom is 0.387 e. The molecule has 96 valence electrons. The first-order valence-corrected chi connectivity index (χ1v) is 5.12. The van der Waals surface area contributed by atoms with Gasteiger partial charge in [-0.2, -0.15) is 14.0 Å². The number of alkyl halides is 2. The third-order valence-electron chi connectivity index (χ3n) is 1.93. The van der Waals surface area contributed by atoms with Crippen LogP contribution in [0.5, 0.6) is 5.75 Å². The Balaban J connectivity index is 2.43. The summed E-state index contributed by atoms with van der Waals surface area (Å²) in [6.45, 7) is -2.95. The van der Waals surface area contributed by atoms with Crippen LogP contribution in [0.15, 0.2) is 24.3 Å². The predicted molar refractivity (Wildman–Crippen MR) is 58.0 cm³/mol. The molecule has 6 heteroatoms. The van der Waals surface area contributed by atoms with Crippen LogP contribution in [0.3, 0.4) is 0 Å². The van der Waals surface area contributed by atoms with Crippen molar-refractivity contribution in [1.29, 1.82) is 5.26 Å². The predicted octanol–water partition coefficient (Wildman–Crippen LogP) is 2.29. The van der Waals surface area contributed by atoms with Gasteiger partial charge in [0, 0.05) is 0 Å². The number of halogens is 2. The molecule has 0 fully saturated rings. The van der Waals surface area contributed by atoms with Crippen molar-refractivity contribution in [2.24, 2.45) is 0 Å². The van der Waals surface area contributed by atoms with E-state index in [4.69, 9.17) is 10.00 Å². The molecule has 0 spiro atoms. The van der Waals surface area contributed by atoms with Gasteiger partial charge in [-0.3, -0.25) is 4.79 Å². The Labute approximate surface area is 103 Å². The molecule has 1 aromatic carbocycles. The smallest absolute Gasteiger partial charge is 0.387 e. The first-order valence-electron chi connectivity index (χ1n) is 5.12. The zero-order valence-electron chi connectivity index (χ0n) is 9.44. The molecule has 0 heterocycles. The Morgan fingerprint density at radius 3 is 2.89 bits per heavy atom. The molecule has 0 bridgehead atoms. The van der Waals surface area contributed by atoms with Crippen molar-refractivity contribution >= 4 is 5.78 Å². The minimum absolute atomic E-state index is 0.0365. The molecule has 0 aliphatic carbocycles. The molecule has 1 rings (SSSR count). The fourth-order valence-corrected chi connectivity index (χ4v) is 1.23. The van der Waals surface area contributed by atoms with E-state index in [1.165, 1.54) is 12.1 Å². The Morgan fingerprint density at radius 2 is 2.22 bits per heavy atom. The van der Waals surface area contributed by atoms with Gasteiger partial charge in [0.25, 0.3) is 0 Å². The molecule has 4 nitrogen and oxygen atoms in total. The Hall–Kier alpha value is -2.00. The summed E-state index contributed by atoms with van der Waals surface area (Å²) in [6.07, 6.45) is -0.200. The number of rotatable bonds is 7. The van der Waals surface area contributed by atoms with Gasteiger partial charge in [0.15, 0.2) is 5.78 Å². The molecule has 0 unspecified atom stereocenters. The van der Waals surface area contributed by atoms with Crippen LogP contribution in [0.25, 0.3) is 0 Å². The number of ether oxygens (including phenoxy) is 2. The molecule has 0 saturated heterocycles. The second kappa shape index (κ2) is 7.35. The first-order chi connectivity index (χ1) is 8.61. The van der Waals surface area contributed by atoms with Crippen molar-refractivity contribution < 1.29 is 23.0 Å². The summed E-state index contributed by atoms with van der Waals surface area (Å²) < 4.78 is 33.2. The van der Waals surface area contributed by atoms with Gasteiger partial charge in [-0.15, -0.1) is 0 Å². The lowest BCUT2D eigenvalue weighted by Crippen LogP contribution is -2.07. The topological polar surface area (TPSA) is 59.3 Å². The van der Waals surface area contributed by atoms with E-state index >= 15 is 0 Å². The molecule has 0 amide bonds. The van der Waals surface area contributed by atoms with Crippen LogP contribution in [0.4, 0.5) is 8.78 Å². The van der Waals surface area contributed by atoms with Crippen LogP contribution in [-0.2, 0) is 16.1 Å². The minimum Gasteiger partial charge on any atom is -0.435 e. The summed E-state index contributed by atoms with van der Waals surface area (Å²) in [4.78, 5) is 11.0. The second-order valence-electron chi connectivity index (χ2n) is 3.39. The standard InChI is InChI=1S/C12H11F2NO3/c13-12(14)18-11-3-1-2-9(6-11)7-17-8-10(16)4-5-15/h1-3,6,12H,4,7-8H2. The number of nitrogens with zero attached hydrogens (tertiary/aromatic N) is 1. The van der Waals surface area contributed by atoms with Crippen molar-refractivity contribution in [3.8, 4) is 11.8 Å². The van der Waals surface area contributed by atoms with E-state index in [2.05, 4.69) is 4.74 Å². The molecular formula is C12H11F2NO3. The van der Waals surface area contributed by atoms with E-state index in [9.17, 15) is 13.6 Å². The highest BCUT2D eigenvalue weighted by atomic mass is 19.3. The number of hydrogen-bond donors (Lipinski definition) is 0. The van der Waals surface area contributed by atoms with Crippen LogP contribution in [0, 0.1) is 11.3 Å². The Kier molecular flexibility index (Phi) is 5.74. The number of hydrogen-bond acceptors (Lipinski definition) is 4. The van der Waals surface area contributed by atoms with Gasteiger partial charge in [-0.1, -0.05) is 12.1 Å². The third-order valence-corrected chi connectivity index (χ3v) is 1.93. The minimum atomic E-state index is -2.88. The van der Waals surface area contributed by atoms with E-state index in [0.29, 0.717) is 5.56 Å². The van der Waals surface area contributed by atoms with Gasteiger partial charge in [0.1, 0.15) is 12.4 Å². The second-order valence-corrected chi connectivity index (χ2v) is 3.39. The van der Waals surface area contributed by atoms with Crippen LogP contribution in [-0.4, -0.2) is 19.0 Å². The summed E-state index contributed by atoms with van der Waals surface area (Å²) in [5.74, 6) is -0.285. The van der Waals surface area contributed by atoms with Gasteiger partial charge in [0.05, 0.1) is 19.1 Å². The molecule has 0 atom stereocenters. The summed E-state index contributed by atoms with van der Waals surface area (Å²) in [5.41, 5.74) is 0.609. The maximum absolute atomic E-state index is 12.0. The number of carbonyl (C=O) groups excluding carboxylic acids is 1. The first kappa shape index (κ1) is 14.1. The maximum atomic E-state index is 12.0. The number of Topliss-reactive ketones (excluding diaryl/α,β-unsaturated/α-hetero) is 1. The van der Waals surface area contributed by atoms with Gasteiger partial charge < -0.3 is 9.47 Å². The molecule has 0 radical (unpaired) electrons. The molecular weight excluding hydrogens is 244 g/mol. The molecule has 0 N–H and O–H groups in total. The molecule has 1 aromatic rings. The number of nitriles is 1. The van der Waals surface area contributed by atoms with E-state index < -0.39 is 6.61 Å². The average molecular weight is 255 g/mol. The van der Waals surface area contributed by atoms with E-state index in [0.717, 1.165) is 0 Å². The molecule has 18 heavy (non-hydrogen) atoms. The zero-order chi connectivity index (χ0) is 13.4. The summed E-state index contributed by atoms with van der Waals surface area (Å²) in [5, 5.41) is 8.26. The normalized spacial score (nSPS) is 10.1. The van der Waals surface area contributed by atoms with E-state index in [1.54, 1.807) is 18.2 Å². The monoisotopic (exact) mass is 255 g/mol. The fraction of sp³-hybridized carbons (Fsp3) is 0.333. The summed E-state index contributed by atoms with van der Waals surface area (Å²) in [6, 6.07) is 7.73. The Morgan fingerprint density at radius 1 is 1.44 bits per heavy atom. The molecule has 0 aliphatic heterocycles. The van der Waals surface area contributed by atoms with Crippen molar-refractivity contribution in [3.63, 3.8) is 0 Å². The quantitative estimate of drug-likeness (QED) is 0.750. The van der Waals surface area contributed by atoms with Crippen molar-refractivity contribution in [2.75, 3.05) is 6.61 Å². The highest BCUT2D eigenvalue weighted by Crippen LogP contribution is 2.16. The molecule has 0 aromatic heterocycles. The lowest BCUT2D eigenvalue weighted by atomic mass is 10.2. The largest absolute Gasteiger partial charge is 0.435 e. The van der Waals surface area contributed by atoms with Crippen molar-refractivity contribution in [3.05, 3.63) is 29.8 Å². The molecule has 0 aliphatic rings. The number of benzene rings is 1. The SMILES string of the molecule is N#CCC(=O)COCc1cccc(OC(F)F)c1. The van der Waals surface area contributed by atoms with Crippen molar-refractivity contribution in [2.45, 2.75) is 19.6 Å². The van der Waals surface area contributed by atoms with Crippen LogP contribution < -0.4 is 4.74 Å². The Bertz CT molecular complexity index is 443. The molecule has 0 saturated carbocycles. The average Bonchev–Trinajstić information content (AvgIpc) is 2.29. The van der Waals surface area contributed by atoms with E-state index in [-0.39, 0.29) is 31.2 Å². The number of carbonyl (C=O) groups is 1. The summed E-state index contributed by atoms with van der Waals surface area (Å²) >= 11 is 0. The zero-order valence-corrected chi connectivity index (χ0v) is 9.44. The van der Waals surface area contributed by atoms with Gasteiger partial charge in [-0.05, 0) is 17.7 Å². The lowest BCUT2D eigenvalue weighted by Gasteiger charge is -2.07. The lowest BCUT2D eigenvalue weighted by molar-refractivity contribution is -0.123. The van der Waals surface area contributed by atoms with Crippen LogP contribution in [0.2, 0.25) is 0 Å². The third kappa shape index (κ3) is 5.37. The highest BCUT2D eigenvalue weighted by molar-refractivity contribution is 5.81.